The third-order valence-electron chi connectivity index (χ3n) is 3.25. The van der Waals surface area contributed by atoms with Gasteiger partial charge in [-0.2, -0.15) is 0 Å². The van der Waals surface area contributed by atoms with Gasteiger partial charge in [-0.15, -0.1) is 0 Å². The SMILES string of the molecule is Oc1ccc(/C=C/c2cc(O)cc(Oc3ccccc3)c2)cc1. The van der Waals surface area contributed by atoms with Crippen molar-refractivity contribution in [3.63, 3.8) is 0 Å². The van der Waals surface area contributed by atoms with Crippen molar-refractivity contribution >= 4 is 12.2 Å². The Bertz CT molecular complexity index is 806. The molecule has 2 N–H and O–H groups in total. The number of hydrogen-bond acceptors (Lipinski definition) is 3. The number of para-hydroxylation sites is 1. The van der Waals surface area contributed by atoms with Gasteiger partial charge in [-0.25, -0.2) is 0 Å². The van der Waals surface area contributed by atoms with E-state index in [1.807, 2.05) is 60.7 Å². The summed E-state index contributed by atoms with van der Waals surface area (Å²) in [5.74, 6) is 1.66. The van der Waals surface area contributed by atoms with Crippen molar-refractivity contribution in [2.24, 2.45) is 0 Å². The van der Waals surface area contributed by atoms with Gasteiger partial charge in [0, 0.05) is 6.07 Å². The van der Waals surface area contributed by atoms with Crippen LogP contribution in [0.25, 0.3) is 12.2 Å². The molecular formula is C20H16O3. The monoisotopic (exact) mass is 304 g/mol. The number of benzene rings is 3. The Morgan fingerprint density at radius 3 is 2.04 bits per heavy atom. The summed E-state index contributed by atoms with van der Waals surface area (Å²) < 4.78 is 5.74. The molecular weight excluding hydrogens is 288 g/mol. The molecule has 0 amide bonds. The van der Waals surface area contributed by atoms with E-state index in [2.05, 4.69) is 0 Å². The zero-order chi connectivity index (χ0) is 16.1. The summed E-state index contributed by atoms with van der Waals surface area (Å²) >= 11 is 0. The van der Waals surface area contributed by atoms with Crippen LogP contribution in [-0.2, 0) is 0 Å². The Morgan fingerprint density at radius 1 is 0.609 bits per heavy atom. The lowest BCUT2D eigenvalue weighted by Crippen LogP contribution is -1.84. The fraction of sp³-hybridized carbons (Fsp3) is 0. The van der Waals surface area contributed by atoms with E-state index in [9.17, 15) is 10.2 Å². The first-order valence-corrected chi connectivity index (χ1v) is 7.23. The predicted molar refractivity (Wildman–Crippen MR) is 91.7 cm³/mol. The molecule has 0 aliphatic heterocycles. The summed E-state index contributed by atoms with van der Waals surface area (Å²) in [6, 6.07) is 21.4. The molecule has 0 saturated carbocycles. The first kappa shape index (κ1) is 14.7. The van der Waals surface area contributed by atoms with Crippen LogP contribution >= 0.6 is 0 Å². The third-order valence-corrected chi connectivity index (χ3v) is 3.25. The first-order valence-electron chi connectivity index (χ1n) is 7.23. The second-order valence-electron chi connectivity index (χ2n) is 5.10. The molecule has 0 aromatic heterocycles. The lowest BCUT2D eigenvalue weighted by atomic mass is 10.1. The van der Waals surface area contributed by atoms with E-state index in [0.29, 0.717) is 11.5 Å². The lowest BCUT2D eigenvalue weighted by Gasteiger charge is -2.07. The highest BCUT2D eigenvalue weighted by atomic mass is 16.5. The van der Waals surface area contributed by atoms with E-state index in [0.717, 1.165) is 11.1 Å². The second kappa shape index (κ2) is 6.71. The van der Waals surface area contributed by atoms with E-state index < -0.39 is 0 Å². The van der Waals surface area contributed by atoms with Crippen molar-refractivity contribution in [2.75, 3.05) is 0 Å². The topological polar surface area (TPSA) is 49.7 Å². The molecule has 3 heteroatoms. The number of aromatic hydroxyl groups is 2. The summed E-state index contributed by atoms with van der Waals surface area (Å²) in [5.41, 5.74) is 1.78. The minimum Gasteiger partial charge on any atom is -0.508 e. The van der Waals surface area contributed by atoms with Gasteiger partial charge in [-0.05, 0) is 47.5 Å². The van der Waals surface area contributed by atoms with E-state index in [1.54, 1.807) is 24.3 Å². The molecule has 3 nitrogen and oxygen atoms in total. The Balaban J connectivity index is 1.81. The highest BCUT2D eigenvalue weighted by Gasteiger charge is 2.01. The zero-order valence-corrected chi connectivity index (χ0v) is 12.4. The molecule has 0 radical (unpaired) electrons. The first-order chi connectivity index (χ1) is 11.2. The van der Waals surface area contributed by atoms with Gasteiger partial charge in [-0.3, -0.25) is 0 Å². The van der Waals surface area contributed by atoms with E-state index >= 15 is 0 Å². The number of phenolic OH excluding ortho intramolecular Hbond substituents is 2. The molecule has 0 bridgehead atoms. The quantitative estimate of drug-likeness (QED) is 0.662. The van der Waals surface area contributed by atoms with Gasteiger partial charge in [-0.1, -0.05) is 42.5 Å². The van der Waals surface area contributed by atoms with Crippen molar-refractivity contribution in [1.29, 1.82) is 0 Å². The van der Waals surface area contributed by atoms with Gasteiger partial charge in [0.1, 0.15) is 23.0 Å². The van der Waals surface area contributed by atoms with Gasteiger partial charge in [0.15, 0.2) is 0 Å². The van der Waals surface area contributed by atoms with Crippen LogP contribution in [-0.4, -0.2) is 10.2 Å². The van der Waals surface area contributed by atoms with Crippen LogP contribution in [0.2, 0.25) is 0 Å². The zero-order valence-electron chi connectivity index (χ0n) is 12.4. The smallest absolute Gasteiger partial charge is 0.131 e. The van der Waals surface area contributed by atoms with Crippen molar-refractivity contribution < 1.29 is 14.9 Å². The van der Waals surface area contributed by atoms with Crippen LogP contribution in [0.15, 0.2) is 72.8 Å². The molecule has 0 saturated heterocycles. The summed E-state index contributed by atoms with van der Waals surface area (Å²) in [4.78, 5) is 0. The maximum Gasteiger partial charge on any atom is 0.131 e. The van der Waals surface area contributed by atoms with Gasteiger partial charge in [0.2, 0.25) is 0 Å². The van der Waals surface area contributed by atoms with Gasteiger partial charge < -0.3 is 14.9 Å². The molecule has 23 heavy (non-hydrogen) atoms. The molecule has 3 aromatic carbocycles. The van der Waals surface area contributed by atoms with Crippen molar-refractivity contribution in [3.8, 4) is 23.0 Å². The van der Waals surface area contributed by atoms with Crippen molar-refractivity contribution in [1.82, 2.24) is 0 Å². The van der Waals surface area contributed by atoms with E-state index in [4.69, 9.17) is 4.74 Å². The molecule has 0 aliphatic carbocycles. The molecule has 114 valence electrons. The molecule has 0 fully saturated rings. The van der Waals surface area contributed by atoms with Crippen molar-refractivity contribution in [3.05, 3.63) is 83.9 Å². The molecule has 0 unspecified atom stereocenters. The Labute approximate surface area is 134 Å². The van der Waals surface area contributed by atoms with E-state index in [-0.39, 0.29) is 11.5 Å². The van der Waals surface area contributed by atoms with Crippen molar-refractivity contribution in [2.45, 2.75) is 0 Å². The highest BCUT2D eigenvalue weighted by Crippen LogP contribution is 2.27. The minimum atomic E-state index is 0.142. The molecule has 0 aliphatic rings. The Hall–Kier alpha value is -3.20. The third kappa shape index (κ3) is 4.14. The van der Waals surface area contributed by atoms with Crippen LogP contribution in [0.3, 0.4) is 0 Å². The standard InChI is InChI=1S/C20H16O3/c21-17-10-8-15(9-11-17)6-7-16-12-18(22)14-20(13-16)23-19-4-2-1-3-5-19/h1-14,21-22H/b7-6+. The highest BCUT2D eigenvalue weighted by molar-refractivity contribution is 5.71. The average molecular weight is 304 g/mol. The largest absolute Gasteiger partial charge is 0.508 e. The molecule has 3 rings (SSSR count). The molecule has 0 spiro atoms. The second-order valence-corrected chi connectivity index (χ2v) is 5.10. The van der Waals surface area contributed by atoms with Crippen LogP contribution in [0.4, 0.5) is 0 Å². The van der Waals surface area contributed by atoms with Crippen LogP contribution in [0.5, 0.6) is 23.0 Å². The van der Waals surface area contributed by atoms with Gasteiger partial charge in [0.25, 0.3) is 0 Å². The maximum absolute atomic E-state index is 9.86. The number of hydrogen-bond donors (Lipinski definition) is 2. The minimum absolute atomic E-state index is 0.142. The summed E-state index contributed by atoms with van der Waals surface area (Å²) in [6.45, 7) is 0. The fourth-order valence-corrected chi connectivity index (χ4v) is 2.16. The van der Waals surface area contributed by atoms with Crippen LogP contribution in [0.1, 0.15) is 11.1 Å². The maximum atomic E-state index is 9.86. The number of phenols is 2. The molecule has 0 atom stereocenters. The van der Waals surface area contributed by atoms with Crippen LogP contribution < -0.4 is 4.74 Å². The number of ether oxygens (including phenoxy) is 1. The molecule has 3 aromatic rings. The Morgan fingerprint density at radius 2 is 1.30 bits per heavy atom. The summed E-state index contributed by atoms with van der Waals surface area (Å²) in [5, 5.41) is 19.1. The fourth-order valence-electron chi connectivity index (χ4n) is 2.16. The predicted octanol–water partition coefficient (Wildman–Crippen LogP) is 5.06. The van der Waals surface area contributed by atoms with E-state index in [1.165, 1.54) is 0 Å². The number of rotatable bonds is 4. The normalized spacial score (nSPS) is 10.8. The van der Waals surface area contributed by atoms with Gasteiger partial charge >= 0.3 is 0 Å². The average Bonchev–Trinajstić information content (AvgIpc) is 2.55. The van der Waals surface area contributed by atoms with Crippen LogP contribution in [0, 0.1) is 0 Å². The summed E-state index contributed by atoms with van der Waals surface area (Å²) in [6.07, 6.45) is 3.78. The summed E-state index contributed by atoms with van der Waals surface area (Å²) in [7, 11) is 0. The van der Waals surface area contributed by atoms with Gasteiger partial charge in [0.05, 0.1) is 0 Å². The molecule has 0 heterocycles. The lowest BCUT2D eigenvalue weighted by molar-refractivity contribution is 0.455. The Kier molecular flexibility index (Phi) is 4.29.